The summed E-state index contributed by atoms with van der Waals surface area (Å²) in [5.74, 6) is 0.794. The van der Waals surface area contributed by atoms with E-state index in [1.807, 2.05) is 11.6 Å². The number of nitrogens with zero attached hydrogens (tertiary/aromatic N) is 2. The van der Waals surface area contributed by atoms with Crippen molar-refractivity contribution in [2.75, 3.05) is 19.7 Å². The maximum atomic E-state index is 11.9. The Morgan fingerprint density at radius 3 is 2.62 bits per heavy atom. The minimum absolute atomic E-state index is 0.0427. The van der Waals surface area contributed by atoms with Gasteiger partial charge in [-0.2, -0.15) is 4.98 Å². The zero-order valence-electron chi connectivity index (χ0n) is 15.5. The molecular formula is C19H27N4O2S+. The van der Waals surface area contributed by atoms with E-state index < -0.39 is 0 Å². The van der Waals surface area contributed by atoms with Crippen molar-refractivity contribution >= 4 is 18.2 Å². The summed E-state index contributed by atoms with van der Waals surface area (Å²) in [7, 11) is 0. The molecule has 1 aromatic carbocycles. The summed E-state index contributed by atoms with van der Waals surface area (Å²) < 4.78 is 7.63. The SMILES string of the molecule is CCOC(=O)C1CC[NH+](Cn2[nH]c(-c3ccc(CC)cc3)nc2=S)CC1. The summed E-state index contributed by atoms with van der Waals surface area (Å²) in [6, 6.07) is 8.40. The predicted molar refractivity (Wildman–Crippen MR) is 102 cm³/mol. The molecular weight excluding hydrogens is 348 g/mol. The van der Waals surface area contributed by atoms with E-state index in [0.29, 0.717) is 11.4 Å². The maximum absolute atomic E-state index is 11.9. The largest absolute Gasteiger partial charge is 0.466 e. The van der Waals surface area contributed by atoms with Crippen LogP contribution in [0.4, 0.5) is 0 Å². The molecule has 140 valence electrons. The average Bonchev–Trinajstić information content (AvgIpc) is 3.03. The molecule has 0 atom stereocenters. The third-order valence-corrected chi connectivity index (χ3v) is 5.32. The zero-order chi connectivity index (χ0) is 18.5. The third kappa shape index (κ3) is 4.40. The van der Waals surface area contributed by atoms with Crippen LogP contribution in [0.2, 0.25) is 0 Å². The van der Waals surface area contributed by atoms with Gasteiger partial charge in [-0.3, -0.25) is 9.89 Å². The quantitative estimate of drug-likeness (QED) is 0.599. The van der Waals surface area contributed by atoms with Gasteiger partial charge in [-0.15, -0.1) is 0 Å². The van der Waals surface area contributed by atoms with Crippen LogP contribution >= 0.6 is 12.2 Å². The first-order valence-corrected chi connectivity index (χ1v) is 9.77. The Balaban J connectivity index is 1.62. The van der Waals surface area contributed by atoms with Crippen molar-refractivity contribution in [3.63, 3.8) is 0 Å². The normalized spacial score (nSPS) is 20.1. The second-order valence-electron chi connectivity index (χ2n) is 6.77. The number of likely N-dealkylation sites (tertiary alicyclic amines) is 1. The number of ether oxygens (including phenoxy) is 1. The van der Waals surface area contributed by atoms with Crippen molar-refractivity contribution in [3.05, 3.63) is 34.6 Å². The van der Waals surface area contributed by atoms with E-state index in [4.69, 9.17) is 17.0 Å². The van der Waals surface area contributed by atoms with Gasteiger partial charge >= 0.3 is 5.97 Å². The molecule has 0 amide bonds. The molecule has 3 rings (SSSR count). The Hall–Kier alpha value is -1.99. The first-order chi connectivity index (χ1) is 12.6. The average molecular weight is 376 g/mol. The number of carbonyl (C=O) groups is 1. The van der Waals surface area contributed by atoms with Crippen LogP contribution in [0.5, 0.6) is 0 Å². The number of quaternary nitrogens is 1. The van der Waals surface area contributed by atoms with E-state index in [-0.39, 0.29) is 11.9 Å². The number of H-pyrrole nitrogens is 1. The number of aryl methyl sites for hydroxylation is 1. The van der Waals surface area contributed by atoms with Gasteiger partial charge in [0.05, 0.1) is 25.6 Å². The van der Waals surface area contributed by atoms with Crippen LogP contribution in [-0.4, -0.2) is 40.4 Å². The van der Waals surface area contributed by atoms with Gasteiger partial charge in [0.15, 0.2) is 12.5 Å². The molecule has 1 aromatic heterocycles. The molecule has 2 heterocycles. The van der Waals surface area contributed by atoms with E-state index in [0.717, 1.165) is 50.4 Å². The summed E-state index contributed by atoms with van der Waals surface area (Å²) in [6.45, 7) is 7.07. The molecule has 0 bridgehead atoms. The van der Waals surface area contributed by atoms with E-state index in [1.54, 1.807) is 0 Å². The van der Waals surface area contributed by atoms with E-state index in [2.05, 4.69) is 41.3 Å². The smallest absolute Gasteiger partial charge is 0.309 e. The molecule has 2 N–H and O–H groups in total. The molecule has 0 saturated carbocycles. The topological polar surface area (TPSA) is 64.3 Å². The molecule has 0 radical (unpaired) electrons. The molecule has 1 aliphatic rings. The van der Waals surface area contributed by atoms with Gasteiger partial charge in [0.1, 0.15) is 0 Å². The lowest BCUT2D eigenvalue weighted by molar-refractivity contribution is -0.929. The fourth-order valence-electron chi connectivity index (χ4n) is 3.39. The highest BCUT2D eigenvalue weighted by Gasteiger charge is 2.28. The van der Waals surface area contributed by atoms with E-state index in [1.165, 1.54) is 10.5 Å². The number of hydrogen-bond acceptors (Lipinski definition) is 4. The number of carbonyl (C=O) groups excluding carboxylic acids is 1. The minimum atomic E-state index is -0.0532. The highest BCUT2D eigenvalue weighted by Crippen LogP contribution is 2.16. The highest BCUT2D eigenvalue weighted by atomic mass is 32.1. The molecule has 7 heteroatoms. The summed E-state index contributed by atoms with van der Waals surface area (Å²) in [5, 5.41) is 3.33. The van der Waals surface area contributed by atoms with Gasteiger partial charge in [-0.25, -0.2) is 4.68 Å². The van der Waals surface area contributed by atoms with Gasteiger partial charge in [0.2, 0.25) is 4.77 Å². The maximum Gasteiger partial charge on any atom is 0.309 e. The summed E-state index contributed by atoms with van der Waals surface area (Å²) >= 11 is 5.42. The standard InChI is InChI=1S/C19H26N4O2S/c1-3-14-5-7-15(8-6-14)17-20-19(26)23(21-17)13-22-11-9-16(10-12-22)18(24)25-4-2/h5-8,16H,3-4,9-13H2,1-2H3,(H,20,21,26)/p+1. The fraction of sp³-hybridized carbons (Fsp3) is 0.526. The van der Waals surface area contributed by atoms with E-state index in [9.17, 15) is 4.79 Å². The van der Waals surface area contributed by atoms with E-state index >= 15 is 0 Å². The molecule has 6 nitrogen and oxygen atoms in total. The predicted octanol–water partition coefficient (Wildman–Crippen LogP) is 1.99. The summed E-state index contributed by atoms with van der Waals surface area (Å²) in [6.07, 6.45) is 2.75. The Kier molecular flexibility index (Phi) is 6.21. The lowest BCUT2D eigenvalue weighted by Gasteiger charge is -2.27. The molecule has 1 aliphatic heterocycles. The van der Waals surface area contributed by atoms with Gasteiger partial charge < -0.3 is 9.64 Å². The van der Waals surface area contributed by atoms with Crippen LogP contribution < -0.4 is 4.90 Å². The van der Waals surface area contributed by atoms with Crippen molar-refractivity contribution in [2.45, 2.75) is 39.8 Å². The monoisotopic (exact) mass is 375 g/mol. The molecule has 0 unspecified atom stereocenters. The van der Waals surface area contributed by atoms with Crippen LogP contribution in [0.15, 0.2) is 24.3 Å². The Morgan fingerprint density at radius 1 is 1.31 bits per heavy atom. The molecule has 0 aliphatic carbocycles. The second-order valence-corrected chi connectivity index (χ2v) is 7.13. The van der Waals surface area contributed by atoms with Crippen LogP contribution in [-0.2, 0) is 22.6 Å². The Morgan fingerprint density at radius 2 is 2.00 bits per heavy atom. The summed E-state index contributed by atoms with van der Waals surface area (Å²) in [4.78, 5) is 17.8. The number of hydrogen-bond donors (Lipinski definition) is 2. The van der Waals surface area contributed by atoms with Gasteiger partial charge in [-0.1, -0.05) is 31.2 Å². The second kappa shape index (κ2) is 8.60. The molecule has 2 aromatic rings. The number of esters is 1. The zero-order valence-corrected chi connectivity index (χ0v) is 16.3. The van der Waals surface area contributed by atoms with Crippen LogP contribution in [0.25, 0.3) is 11.4 Å². The third-order valence-electron chi connectivity index (χ3n) is 5.01. The minimum Gasteiger partial charge on any atom is -0.466 e. The number of aromatic amines is 1. The van der Waals surface area contributed by atoms with Gasteiger partial charge in [0, 0.05) is 18.4 Å². The number of benzene rings is 1. The van der Waals surface area contributed by atoms with Gasteiger partial charge in [-0.05, 0) is 31.1 Å². The van der Waals surface area contributed by atoms with Crippen LogP contribution in [0.1, 0.15) is 32.3 Å². The Labute approximate surface area is 159 Å². The first-order valence-electron chi connectivity index (χ1n) is 9.37. The number of piperidine rings is 1. The van der Waals surface area contributed by atoms with Crippen molar-refractivity contribution in [3.8, 4) is 11.4 Å². The number of nitrogens with one attached hydrogen (secondary N) is 2. The molecule has 0 spiro atoms. The molecule has 1 saturated heterocycles. The summed E-state index contributed by atoms with van der Waals surface area (Å²) in [5.41, 5.74) is 2.35. The number of aromatic nitrogens is 3. The highest BCUT2D eigenvalue weighted by molar-refractivity contribution is 7.71. The van der Waals surface area contributed by atoms with Gasteiger partial charge in [0.25, 0.3) is 0 Å². The number of rotatable bonds is 6. The lowest BCUT2D eigenvalue weighted by atomic mass is 9.97. The van der Waals surface area contributed by atoms with Crippen molar-refractivity contribution in [2.24, 2.45) is 5.92 Å². The Bertz CT molecular complexity index is 789. The van der Waals surface area contributed by atoms with Crippen molar-refractivity contribution in [1.82, 2.24) is 14.8 Å². The van der Waals surface area contributed by atoms with Crippen molar-refractivity contribution in [1.29, 1.82) is 0 Å². The van der Waals surface area contributed by atoms with Crippen molar-refractivity contribution < 1.29 is 14.4 Å². The first kappa shape index (κ1) is 18.8. The van der Waals surface area contributed by atoms with Crippen LogP contribution in [0, 0.1) is 10.7 Å². The fourth-order valence-corrected chi connectivity index (χ4v) is 3.60. The molecule has 26 heavy (non-hydrogen) atoms. The lowest BCUT2D eigenvalue weighted by Crippen LogP contribution is -3.12. The molecule has 1 fully saturated rings. The van der Waals surface area contributed by atoms with Crippen LogP contribution in [0.3, 0.4) is 0 Å².